The topological polar surface area (TPSA) is 110 Å². The molecule has 128 valence electrons. The fraction of sp³-hybridized carbons (Fsp3) is 0.333. The molecule has 1 aromatic rings. The molecule has 1 aromatic carbocycles. The van der Waals surface area contributed by atoms with Crippen molar-refractivity contribution >= 4 is 11.9 Å². The van der Waals surface area contributed by atoms with E-state index in [2.05, 4.69) is 0 Å². The maximum atomic E-state index is 12.2. The van der Waals surface area contributed by atoms with Crippen molar-refractivity contribution in [3.63, 3.8) is 0 Å². The molecule has 1 aliphatic rings. The summed E-state index contributed by atoms with van der Waals surface area (Å²) in [6.45, 7) is 2.11. The fourth-order valence-corrected chi connectivity index (χ4v) is 3.10. The quantitative estimate of drug-likeness (QED) is 0.735. The molecule has 0 aliphatic heterocycles. The van der Waals surface area contributed by atoms with Gasteiger partial charge in [-0.1, -0.05) is 30.4 Å². The van der Waals surface area contributed by atoms with Gasteiger partial charge in [-0.25, -0.2) is 4.79 Å². The molecule has 4 N–H and O–H groups in total. The van der Waals surface area contributed by atoms with Crippen molar-refractivity contribution in [1.82, 2.24) is 0 Å². The summed E-state index contributed by atoms with van der Waals surface area (Å²) in [5.74, 6) is -2.21. The van der Waals surface area contributed by atoms with Crippen molar-refractivity contribution < 1.29 is 24.5 Å². The van der Waals surface area contributed by atoms with Crippen LogP contribution in [0.1, 0.15) is 30.0 Å². The number of allylic oxidation sites excluding steroid dienone is 2. The van der Waals surface area contributed by atoms with Gasteiger partial charge in [0.2, 0.25) is 0 Å². The highest BCUT2D eigenvalue weighted by Crippen LogP contribution is 2.40. The Morgan fingerprint density at radius 3 is 2.58 bits per heavy atom. The van der Waals surface area contributed by atoms with Gasteiger partial charge in [-0.15, -0.1) is 0 Å². The summed E-state index contributed by atoms with van der Waals surface area (Å²) in [7, 11) is 1.52. The number of rotatable bonds is 6. The van der Waals surface area contributed by atoms with Gasteiger partial charge in [-0.2, -0.15) is 0 Å². The van der Waals surface area contributed by atoms with Gasteiger partial charge in [0, 0.05) is 25.6 Å². The van der Waals surface area contributed by atoms with E-state index in [0.717, 1.165) is 5.56 Å². The Hall–Kier alpha value is -2.44. The van der Waals surface area contributed by atoms with Crippen LogP contribution in [-0.4, -0.2) is 29.3 Å². The standard InChI is InChI=1S/C18H21NO5/c1-11-6-7-18(17(22)23,8-13(11)16(20)21)15-5-3-4-12(9-19)14(15)10-24-2/h3-7H,8-10,19H2,1-2H3,(H,20,21)(H,22,23). The maximum absolute atomic E-state index is 12.2. The van der Waals surface area contributed by atoms with Crippen LogP contribution in [-0.2, 0) is 32.9 Å². The van der Waals surface area contributed by atoms with Crippen molar-refractivity contribution in [2.24, 2.45) is 5.73 Å². The van der Waals surface area contributed by atoms with Crippen molar-refractivity contribution in [3.8, 4) is 0 Å². The average molecular weight is 331 g/mol. The van der Waals surface area contributed by atoms with E-state index < -0.39 is 17.4 Å². The highest BCUT2D eigenvalue weighted by molar-refractivity contribution is 5.94. The van der Waals surface area contributed by atoms with Gasteiger partial charge in [-0.3, -0.25) is 4.79 Å². The summed E-state index contributed by atoms with van der Waals surface area (Å²) in [4.78, 5) is 23.7. The minimum absolute atomic E-state index is 0.0985. The van der Waals surface area contributed by atoms with Crippen LogP contribution in [0.3, 0.4) is 0 Å². The van der Waals surface area contributed by atoms with Crippen molar-refractivity contribution in [1.29, 1.82) is 0 Å². The van der Waals surface area contributed by atoms with Crippen molar-refractivity contribution in [3.05, 3.63) is 58.2 Å². The third kappa shape index (κ3) is 2.98. The van der Waals surface area contributed by atoms with Gasteiger partial charge >= 0.3 is 11.9 Å². The second-order valence-electron chi connectivity index (χ2n) is 5.83. The third-order valence-electron chi connectivity index (χ3n) is 4.45. The first-order valence-electron chi connectivity index (χ1n) is 7.53. The lowest BCUT2D eigenvalue weighted by atomic mass is 9.69. The van der Waals surface area contributed by atoms with Crippen LogP contribution < -0.4 is 5.73 Å². The molecule has 0 fully saturated rings. The number of benzene rings is 1. The van der Waals surface area contributed by atoms with E-state index in [9.17, 15) is 19.8 Å². The summed E-state index contributed by atoms with van der Waals surface area (Å²) >= 11 is 0. The van der Waals surface area contributed by atoms with Crippen LogP contribution in [0.15, 0.2) is 41.5 Å². The maximum Gasteiger partial charge on any atom is 0.331 e. The number of methoxy groups -OCH3 is 1. The molecular formula is C18H21NO5. The number of nitrogens with two attached hydrogens (primary N) is 1. The van der Waals surface area contributed by atoms with E-state index in [0.29, 0.717) is 16.7 Å². The van der Waals surface area contributed by atoms with Crippen LogP contribution in [0.2, 0.25) is 0 Å². The average Bonchev–Trinajstić information content (AvgIpc) is 2.55. The molecule has 0 amide bonds. The Kier molecular flexibility index (Phi) is 5.21. The highest BCUT2D eigenvalue weighted by atomic mass is 16.5. The molecule has 0 spiro atoms. The van der Waals surface area contributed by atoms with Crippen LogP contribution in [0.25, 0.3) is 0 Å². The van der Waals surface area contributed by atoms with Gasteiger partial charge < -0.3 is 20.7 Å². The molecule has 1 atom stereocenters. The molecule has 0 radical (unpaired) electrons. The van der Waals surface area contributed by atoms with Crippen molar-refractivity contribution in [2.75, 3.05) is 7.11 Å². The molecule has 1 aliphatic carbocycles. The van der Waals surface area contributed by atoms with E-state index in [-0.39, 0.29) is 25.1 Å². The molecule has 6 heteroatoms. The number of hydrogen-bond acceptors (Lipinski definition) is 4. The number of ether oxygens (including phenoxy) is 1. The largest absolute Gasteiger partial charge is 0.480 e. The first kappa shape index (κ1) is 17.9. The fourth-order valence-electron chi connectivity index (χ4n) is 3.10. The van der Waals surface area contributed by atoms with Crippen LogP contribution in [0, 0.1) is 0 Å². The van der Waals surface area contributed by atoms with Crippen molar-refractivity contribution in [2.45, 2.75) is 31.9 Å². The van der Waals surface area contributed by atoms with E-state index in [4.69, 9.17) is 10.5 Å². The second kappa shape index (κ2) is 6.98. The lowest BCUT2D eigenvalue weighted by Gasteiger charge is -2.32. The number of carboxylic acid groups (broad SMARTS) is 2. The van der Waals surface area contributed by atoms with Gasteiger partial charge in [-0.05, 0) is 29.2 Å². The number of hydrogen-bond donors (Lipinski definition) is 3. The Morgan fingerprint density at radius 2 is 2.04 bits per heavy atom. The normalized spacial score (nSPS) is 20.3. The number of carboxylic acids is 2. The summed E-state index contributed by atoms with van der Waals surface area (Å²) in [5, 5.41) is 19.4. The first-order valence-corrected chi connectivity index (χ1v) is 7.53. The first-order chi connectivity index (χ1) is 11.4. The van der Waals surface area contributed by atoms with E-state index >= 15 is 0 Å². The van der Waals surface area contributed by atoms with Crippen LogP contribution >= 0.6 is 0 Å². The van der Waals surface area contributed by atoms with Gasteiger partial charge in [0.25, 0.3) is 0 Å². The SMILES string of the molecule is COCc1c(CN)cccc1C1(C(=O)O)C=CC(C)=C(C(=O)O)C1. The summed E-state index contributed by atoms with van der Waals surface area (Å²) in [5.41, 5.74) is 6.97. The highest BCUT2D eigenvalue weighted by Gasteiger charge is 2.43. The second-order valence-corrected chi connectivity index (χ2v) is 5.83. The Labute approximate surface area is 140 Å². The van der Waals surface area contributed by atoms with Crippen LogP contribution in [0.5, 0.6) is 0 Å². The number of carbonyl (C=O) groups is 2. The van der Waals surface area contributed by atoms with E-state index in [1.54, 1.807) is 31.2 Å². The number of aliphatic carboxylic acids is 2. The van der Waals surface area contributed by atoms with E-state index in [1.165, 1.54) is 7.11 Å². The molecule has 0 saturated carbocycles. The molecule has 0 aromatic heterocycles. The summed E-state index contributed by atoms with van der Waals surface area (Å²) in [6.07, 6.45) is 3.00. The Morgan fingerprint density at radius 1 is 1.33 bits per heavy atom. The zero-order valence-corrected chi connectivity index (χ0v) is 13.7. The van der Waals surface area contributed by atoms with Crippen LogP contribution in [0.4, 0.5) is 0 Å². The van der Waals surface area contributed by atoms with E-state index in [1.807, 2.05) is 6.07 Å². The van der Waals surface area contributed by atoms with Gasteiger partial charge in [0.1, 0.15) is 5.41 Å². The minimum atomic E-state index is -1.45. The molecular weight excluding hydrogens is 310 g/mol. The zero-order valence-electron chi connectivity index (χ0n) is 13.7. The third-order valence-corrected chi connectivity index (χ3v) is 4.45. The Balaban J connectivity index is 2.69. The minimum Gasteiger partial charge on any atom is -0.480 e. The lowest BCUT2D eigenvalue weighted by molar-refractivity contribution is -0.142. The van der Waals surface area contributed by atoms with Gasteiger partial charge in [0.05, 0.1) is 6.61 Å². The zero-order chi connectivity index (χ0) is 17.9. The molecule has 1 unspecified atom stereocenters. The predicted molar refractivity (Wildman–Crippen MR) is 88.5 cm³/mol. The monoisotopic (exact) mass is 331 g/mol. The van der Waals surface area contributed by atoms with Gasteiger partial charge in [0.15, 0.2) is 0 Å². The summed E-state index contributed by atoms with van der Waals surface area (Å²) < 4.78 is 5.22. The smallest absolute Gasteiger partial charge is 0.331 e. The predicted octanol–water partition coefficient (Wildman–Crippen LogP) is 1.98. The molecule has 24 heavy (non-hydrogen) atoms. The Bertz CT molecular complexity index is 735. The molecule has 0 saturated heterocycles. The molecule has 2 rings (SSSR count). The molecule has 0 heterocycles. The summed E-state index contributed by atoms with van der Waals surface area (Å²) in [6, 6.07) is 5.26. The molecule has 0 bridgehead atoms. The lowest BCUT2D eigenvalue weighted by Crippen LogP contribution is -2.38. The molecule has 6 nitrogen and oxygen atoms in total.